The second kappa shape index (κ2) is 4.10. The first-order valence-electron chi connectivity index (χ1n) is 5.89. The predicted octanol–water partition coefficient (Wildman–Crippen LogP) is 4.20. The van der Waals surface area contributed by atoms with Crippen molar-refractivity contribution >= 4 is 38.4 Å². The molecule has 2 atom stereocenters. The Balaban J connectivity index is 2.18. The molecule has 0 aliphatic carbocycles. The van der Waals surface area contributed by atoms with Crippen molar-refractivity contribution in [2.24, 2.45) is 0 Å². The first kappa shape index (κ1) is 12.2. The molecule has 0 bridgehead atoms. The average molecular weight is 327 g/mol. The zero-order valence-corrected chi connectivity index (χ0v) is 12.5. The topological polar surface area (TPSA) is 22.1 Å². The fourth-order valence-corrected chi connectivity index (χ4v) is 2.74. The molecule has 0 fully saturated rings. The second-order valence-electron chi connectivity index (χ2n) is 4.79. The van der Waals surface area contributed by atoms with E-state index in [2.05, 4.69) is 20.9 Å². The molecule has 2 nitrogen and oxygen atoms in total. The highest BCUT2D eigenvalue weighted by molar-refractivity contribution is 9.10. The van der Waals surface area contributed by atoms with Gasteiger partial charge >= 0.3 is 0 Å². The van der Waals surface area contributed by atoms with Crippen LogP contribution in [0.15, 0.2) is 24.3 Å². The van der Waals surface area contributed by atoms with E-state index in [0.29, 0.717) is 0 Å². The molecule has 2 aromatic rings. The number of nitrogens with zero attached hydrogens (tertiary/aromatic N) is 1. The Morgan fingerprint density at radius 3 is 2.89 bits per heavy atom. The lowest BCUT2D eigenvalue weighted by molar-refractivity contribution is 0.225. The number of fused-ring (bicyclic) bond motifs is 3. The lowest BCUT2D eigenvalue weighted by Crippen LogP contribution is -2.31. The highest BCUT2D eigenvalue weighted by atomic mass is 79.9. The summed E-state index contributed by atoms with van der Waals surface area (Å²) in [5, 5.41) is 1.06. The van der Waals surface area contributed by atoms with Gasteiger partial charge in [0, 0.05) is 23.1 Å². The lowest BCUT2D eigenvalue weighted by Gasteiger charge is -2.21. The fraction of sp³-hybridized carbons (Fsp3) is 0.357. The van der Waals surface area contributed by atoms with Crippen LogP contribution < -0.4 is 4.74 Å². The Bertz CT molecular complexity index is 621. The van der Waals surface area contributed by atoms with Crippen molar-refractivity contribution in [1.29, 1.82) is 0 Å². The summed E-state index contributed by atoms with van der Waals surface area (Å²) in [5.74, 6) is 0.939. The van der Waals surface area contributed by atoms with Gasteiger partial charge in [0.2, 0.25) is 0 Å². The van der Waals surface area contributed by atoms with Crippen molar-refractivity contribution < 1.29 is 4.74 Å². The molecular weight excluding hydrogens is 314 g/mol. The van der Waals surface area contributed by atoms with Crippen molar-refractivity contribution in [1.82, 2.24) is 4.98 Å². The summed E-state index contributed by atoms with van der Waals surface area (Å²) < 4.78 is 5.49. The average Bonchev–Trinajstić information content (AvgIpc) is 2.74. The second-order valence-corrected chi connectivity index (χ2v) is 7.68. The maximum absolute atomic E-state index is 6.30. The molecular formula is C14H13BrClNO. The van der Waals surface area contributed by atoms with Gasteiger partial charge in [0.1, 0.15) is 15.6 Å². The molecule has 0 radical (unpaired) electrons. The number of alkyl halides is 2. The number of aryl methyl sites for hydroxylation is 1. The van der Waals surface area contributed by atoms with Crippen molar-refractivity contribution in [2.45, 2.75) is 30.2 Å². The number of rotatable bonds is 1. The number of aromatic nitrogens is 1. The van der Waals surface area contributed by atoms with Gasteiger partial charge in [-0.15, -0.1) is 11.6 Å². The number of benzene rings is 1. The highest BCUT2D eigenvalue weighted by Crippen LogP contribution is 2.43. The number of para-hydroxylation sites is 1. The van der Waals surface area contributed by atoms with E-state index in [-0.39, 0.29) is 6.10 Å². The summed E-state index contributed by atoms with van der Waals surface area (Å²) in [6.07, 6.45) is 0.727. The van der Waals surface area contributed by atoms with E-state index in [9.17, 15) is 0 Å². The zero-order chi connectivity index (χ0) is 12.9. The van der Waals surface area contributed by atoms with E-state index in [0.717, 1.165) is 28.8 Å². The largest absolute Gasteiger partial charge is 0.486 e. The van der Waals surface area contributed by atoms with Crippen LogP contribution in [0.5, 0.6) is 5.75 Å². The molecule has 0 amide bonds. The number of halogens is 2. The van der Waals surface area contributed by atoms with Gasteiger partial charge < -0.3 is 4.74 Å². The zero-order valence-electron chi connectivity index (χ0n) is 10.2. The molecule has 18 heavy (non-hydrogen) atoms. The molecule has 1 aliphatic heterocycles. The van der Waals surface area contributed by atoms with Crippen LogP contribution in [0.1, 0.15) is 18.2 Å². The maximum Gasteiger partial charge on any atom is 0.134 e. The van der Waals surface area contributed by atoms with Crippen LogP contribution in [0.3, 0.4) is 0 Å². The van der Waals surface area contributed by atoms with Crippen LogP contribution in [0.25, 0.3) is 10.9 Å². The Kier molecular flexibility index (Phi) is 2.79. The van der Waals surface area contributed by atoms with Gasteiger partial charge in [-0.3, -0.25) is 4.98 Å². The van der Waals surface area contributed by atoms with E-state index >= 15 is 0 Å². The van der Waals surface area contributed by atoms with Crippen molar-refractivity contribution in [2.75, 3.05) is 0 Å². The minimum atomic E-state index is -0.556. The number of hydrogen-bond donors (Lipinski definition) is 0. The normalized spacial score (nSPS) is 21.4. The van der Waals surface area contributed by atoms with Crippen LogP contribution in [0.2, 0.25) is 0 Å². The molecule has 0 saturated carbocycles. The molecule has 2 heterocycles. The maximum atomic E-state index is 6.30. The first-order valence-corrected chi connectivity index (χ1v) is 7.06. The minimum absolute atomic E-state index is 0.0690. The van der Waals surface area contributed by atoms with E-state index in [4.69, 9.17) is 16.3 Å². The molecule has 0 saturated heterocycles. The van der Waals surface area contributed by atoms with Crippen molar-refractivity contribution in [3.8, 4) is 5.75 Å². The third-order valence-electron chi connectivity index (χ3n) is 3.36. The van der Waals surface area contributed by atoms with E-state index < -0.39 is 3.78 Å². The Labute approximate surface area is 119 Å². The summed E-state index contributed by atoms with van der Waals surface area (Å²) in [5.41, 5.74) is 3.17. The van der Waals surface area contributed by atoms with E-state index in [1.165, 1.54) is 5.56 Å². The Morgan fingerprint density at radius 1 is 1.44 bits per heavy atom. The molecule has 1 aromatic heterocycles. The number of hydrogen-bond acceptors (Lipinski definition) is 2. The van der Waals surface area contributed by atoms with Gasteiger partial charge in [-0.25, -0.2) is 0 Å². The molecule has 3 rings (SSSR count). The monoisotopic (exact) mass is 325 g/mol. The smallest absolute Gasteiger partial charge is 0.134 e. The van der Waals surface area contributed by atoms with Gasteiger partial charge in [-0.05, 0) is 26.0 Å². The van der Waals surface area contributed by atoms with E-state index in [1.54, 1.807) is 0 Å². The summed E-state index contributed by atoms with van der Waals surface area (Å²) in [4.78, 5) is 4.63. The minimum Gasteiger partial charge on any atom is -0.486 e. The third kappa shape index (κ3) is 1.90. The SMILES string of the molecule is Cc1nc2ccccc2c2c1C[C@H]([C@@](C)(Cl)Br)O2. The first-order chi connectivity index (χ1) is 8.47. The van der Waals surface area contributed by atoms with Gasteiger partial charge in [0.05, 0.1) is 5.52 Å². The molecule has 0 unspecified atom stereocenters. The number of ether oxygens (including phenoxy) is 1. The molecule has 1 aromatic carbocycles. The van der Waals surface area contributed by atoms with Gasteiger partial charge in [0.15, 0.2) is 0 Å². The molecule has 0 N–H and O–H groups in total. The van der Waals surface area contributed by atoms with Crippen molar-refractivity contribution in [3.05, 3.63) is 35.5 Å². The lowest BCUT2D eigenvalue weighted by atomic mass is 10.0. The van der Waals surface area contributed by atoms with Crippen LogP contribution in [-0.4, -0.2) is 14.9 Å². The van der Waals surface area contributed by atoms with Gasteiger partial charge in [-0.2, -0.15) is 0 Å². The van der Waals surface area contributed by atoms with Crippen LogP contribution in [-0.2, 0) is 6.42 Å². The number of pyridine rings is 1. The standard InChI is InChI=1S/C14H13BrClNO/c1-8-10-7-12(14(2,15)16)18-13(10)9-5-3-4-6-11(9)17-8/h3-6,12H,7H2,1-2H3/t12-,14-/m1/s1. The molecule has 1 aliphatic rings. The summed E-state index contributed by atoms with van der Waals surface area (Å²) in [6, 6.07) is 8.05. The third-order valence-corrected chi connectivity index (χ3v) is 4.12. The Morgan fingerprint density at radius 2 is 2.17 bits per heavy atom. The molecule has 0 spiro atoms. The predicted molar refractivity (Wildman–Crippen MR) is 77.8 cm³/mol. The molecule has 4 heteroatoms. The summed E-state index contributed by atoms with van der Waals surface area (Å²) >= 11 is 9.78. The van der Waals surface area contributed by atoms with E-state index in [1.807, 2.05) is 38.1 Å². The summed E-state index contributed by atoms with van der Waals surface area (Å²) in [6.45, 7) is 3.94. The van der Waals surface area contributed by atoms with Gasteiger partial charge in [0.25, 0.3) is 0 Å². The van der Waals surface area contributed by atoms with Crippen LogP contribution in [0, 0.1) is 6.92 Å². The Hall–Kier alpha value is -0.800. The van der Waals surface area contributed by atoms with Crippen LogP contribution >= 0.6 is 27.5 Å². The van der Waals surface area contributed by atoms with Crippen LogP contribution in [0.4, 0.5) is 0 Å². The fourth-order valence-electron chi connectivity index (χ4n) is 2.37. The van der Waals surface area contributed by atoms with Crippen molar-refractivity contribution in [3.63, 3.8) is 0 Å². The van der Waals surface area contributed by atoms with Gasteiger partial charge in [-0.1, -0.05) is 28.1 Å². The highest BCUT2D eigenvalue weighted by Gasteiger charge is 2.38. The summed E-state index contributed by atoms with van der Waals surface area (Å²) in [7, 11) is 0. The quantitative estimate of drug-likeness (QED) is 0.733. The molecule has 94 valence electrons.